The van der Waals surface area contributed by atoms with Gasteiger partial charge in [-0.15, -0.1) is 0 Å². The summed E-state index contributed by atoms with van der Waals surface area (Å²) in [7, 11) is 0. The van der Waals surface area contributed by atoms with Crippen LogP contribution < -0.4 is 16.0 Å². The number of aliphatic imine (C=N–C) groups is 1. The highest BCUT2D eigenvalue weighted by molar-refractivity contribution is 5.94. The predicted molar refractivity (Wildman–Crippen MR) is 128 cm³/mol. The Balaban J connectivity index is 1.34. The molecule has 0 saturated carbocycles. The second-order valence-electron chi connectivity index (χ2n) is 7.75. The van der Waals surface area contributed by atoms with E-state index in [2.05, 4.69) is 25.9 Å². The summed E-state index contributed by atoms with van der Waals surface area (Å²) >= 11 is 0. The van der Waals surface area contributed by atoms with Gasteiger partial charge < -0.3 is 25.1 Å². The third-order valence-electron chi connectivity index (χ3n) is 5.19. The summed E-state index contributed by atoms with van der Waals surface area (Å²) in [6, 6.07) is 17.5. The number of nitrogens with one attached hydrogen (secondary N) is 3. The lowest BCUT2D eigenvalue weighted by molar-refractivity contribution is -0.124. The van der Waals surface area contributed by atoms with Crippen molar-refractivity contribution in [3.63, 3.8) is 0 Å². The number of carbonyl (C=O) groups is 1. The zero-order chi connectivity index (χ0) is 22.9. The molecule has 0 aliphatic carbocycles. The first-order valence-corrected chi connectivity index (χ1v) is 11.2. The van der Waals surface area contributed by atoms with Crippen LogP contribution in [0.25, 0.3) is 11.5 Å². The number of ether oxygens (including phenoxy) is 1. The summed E-state index contributed by atoms with van der Waals surface area (Å²) < 4.78 is 11.0. The van der Waals surface area contributed by atoms with E-state index in [-0.39, 0.29) is 12.0 Å². The second kappa shape index (κ2) is 11.3. The lowest BCUT2D eigenvalue weighted by Gasteiger charge is -2.12. The van der Waals surface area contributed by atoms with Crippen molar-refractivity contribution in [1.29, 1.82) is 0 Å². The minimum absolute atomic E-state index is 0.0920. The third-order valence-corrected chi connectivity index (χ3v) is 5.19. The first-order valence-electron chi connectivity index (χ1n) is 11.2. The van der Waals surface area contributed by atoms with E-state index in [1.54, 1.807) is 6.26 Å². The topological polar surface area (TPSA) is 101 Å². The number of benzene rings is 2. The van der Waals surface area contributed by atoms with Gasteiger partial charge in [-0.05, 0) is 49.6 Å². The first kappa shape index (κ1) is 22.5. The van der Waals surface area contributed by atoms with Gasteiger partial charge in [0, 0.05) is 24.4 Å². The number of hydrogen-bond acceptors (Lipinski definition) is 5. The molecule has 0 spiro atoms. The monoisotopic (exact) mass is 447 g/mol. The molecule has 3 aromatic rings. The van der Waals surface area contributed by atoms with Crippen LogP contribution in [0.2, 0.25) is 0 Å². The number of hydrogen-bond donors (Lipinski definition) is 3. The van der Waals surface area contributed by atoms with E-state index < -0.39 is 0 Å². The molecule has 1 atom stereocenters. The third kappa shape index (κ3) is 6.43. The van der Waals surface area contributed by atoms with Crippen LogP contribution >= 0.6 is 0 Å². The highest BCUT2D eigenvalue weighted by Crippen LogP contribution is 2.18. The predicted octanol–water partition coefficient (Wildman–Crippen LogP) is 3.71. The van der Waals surface area contributed by atoms with Crippen molar-refractivity contribution in [3.05, 3.63) is 72.1 Å². The molecule has 0 bridgehead atoms. The molecule has 1 saturated heterocycles. The van der Waals surface area contributed by atoms with Crippen molar-refractivity contribution in [2.24, 2.45) is 4.99 Å². The van der Waals surface area contributed by atoms with E-state index in [1.165, 1.54) is 0 Å². The molecular weight excluding hydrogens is 418 g/mol. The minimum Gasteiger partial charge on any atom is -0.444 e. The number of amides is 1. The summed E-state index contributed by atoms with van der Waals surface area (Å²) in [5, 5.41) is 9.46. The van der Waals surface area contributed by atoms with Crippen LogP contribution in [0.5, 0.6) is 0 Å². The Hall–Kier alpha value is -3.65. The van der Waals surface area contributed by atoms with Crippen molar-refractivity contribution in [2.45, 2.75) is 39.0 Å². The zero-order valence-electron chi connectivity index (χ0n) is 18.7. The van der Waals surface area contributed by atoms with Gasteiger partial charge in [-0.3, -0.25) is 4.79 Å². The van der Waals surface area contributed by atoms with Crippen LogP contribution in [0.4, 0.5) is 5.69 Å². The van der Waals surface area contributed by atoms with Crippen molar-refractivity contribution in [2.75, 3.05) is 18.5 Å². The van der Waals surface area contributed by atoms with E-state index in [4.69, 9.17) is 9.15 Å². The van der Waals surface area contributed by atoms with Crippen LogP contribution in [0, 0.1) is 0 Å². The SMILES string of the molecule is CCNC(=NCc1cccc(NC(=O)C2CCCO2)c1)NCc1coc(-c2ccccc2)n1. The van der Waals surface area contributed by atoms with Crippen LogP contribution in [-0.2, 0) is 22.6 Å². The van der Waals surface area contributed by atoms with Gasteiger partial charge in [0.05, 0.1) is 18.8 Å². The Labute approximate surface area is 193 Å². The van der Waals surface area contributed by atoms with E-state index in [9.17, 15) is 4.79 Å². The number of rotatable bonds is 8. The average Bonchev–Trinajstić information content (AvgIpc) is 3.54. The molecule has 33 heavy (non-hydrogen) atoms. The van der Waals surface area contributed by atoms with Gasteiger partial charge in [0.15, 0.2) is 5.96 Å². The maximum atomic E-state index is 12.3. The smallest absolute Gasteiger partial charge is 0.253 e. The van der Waals surface area contributed by atoms with Gasteiger partial charge in [-0.1, -0.05) is 30.3 Å². The fourth-order valence-corrected chi connectivity index (χ4v) is 3.54. The first-order chi connectivity index (χ1) is 16.2. The van der Waals surface area contributed by atoms with E-state index >= 15 is 0 Å². The Morgan fingerprint density at radius 2 is 2.03 bits per heavy atom. The highest BCUT2D eigenvalue weighted by Gasteiger charge is 2.23. The van der Waals surface area contributed by atoms with E-state index in [1.807, 2.05) is 61.5 Å². The molecule has 1 aliphatic heterocycles. The molecule has 4 rings (SSSR count). The Kier molecular flexibility index (Phi) is 7.71. The zero-order valence-corrected chi connectivity index (χ0v) is 18.7. The second-order valence-corrected chi connectivity index (χ2v) is 7.75. The molecule has 8 heteroatoms. The van der Waals surface area contributed by atoms with Gasteiger partial charge in [0.1, 0.15) is 12.4 Å². The van der Waals surface area contributed by atoms with Crippen molar-refractivity contribution in [3.8, 4) is 11.5 Å². The molecule has 1 aromatic heterocycles. The number of carbonyl (C=O) groups excluding carboxylic acids is 1. The fraction of sp³-hybridized carbons (Fsp3) is 0.320. The van der Waals surface area contributed by atoms with Gasteiger partial charge in [0.2, 0.25) is 5.89 Å². The van der Waals surface area contributed by atoms with Gasteiger partial charge in [-0.2, -0.15) is 0 Å². The normalized spacial score (nSPS) is 15.9. The number of guanidine groups is 1. The van der Waals surface area contributed by atoms with E-state index in [0.29, 0.717) is 31.5 Å². The van der Waals surface area contributed by atoms with Crippen LogP contribution in [-0.4, -0.2) is 36.1 Å². The molecule has 1 aliphatic rings. The Morgan fingerprint density at radius 1 is 1.15 bits per heavy atom. The average molecular weight is 448 g/mol. The summed E-state index contributed by atoms with van der Waals surface area (Å²) in [6.45, 7) is 4.35. The lowest BCUT2D eigenvalue weighted by atomic mass is 10.2. The van der Waals surface area contributed by atoms with Crippen LogP contribution in [0.1, 0.15) is 31.0 Å². The standard InChI is InChI=1S/C25H29N5O3/c1-2-26-25(28-16-21-17-33-24(30-21)19-9-4-3-5-10-19)27-15-18-8-6-11-20(14-18)29-23(31)22-12-7-13-32-22/h3-6,8-11,14,17,22H,2,7,12-13,15-16H2,1H3,(H,29,31)(H2,26,27,28). The van der Waals surface area contributed by atoms with Crippen molar-refractivity contribution in [1.82, 2.24) is 15.6 Å². The Bertz CT molecular complexity index is 1070. The summed E-state index contributed by atoms with van der Waals surface area (Å²) in [6.07, 6.45) is 3.00. The lowest BCUT2D eigenvalue weighted by Crippen LogP contribution is -2.36. The van der Waals surface area contributed by atoms with Crippen LogP contribution in [0.3, 0.4) is 0 Å². The summed E-state index contributed by atoms with van der Waals surface area (Å²) in [5.41, 5.74) is 3.47. The number of oxazole rings is 1. The summed E-state index contributed by atoms with van der Waals surface area (Å²) in [5.74, 6) is 1.18. The fourth-order valence-electron chi connectivity index (χ4n) is 3.54. The Morgan fingerprint density at radius 3 is 2.82 bits per heavy atom. The number of anilines is 1. The molecule has 3 N–H and O–H groups in total. The quantitative estimate of drug-likeness (QED) is 0.359. The molecule has 2 heterocycles. The highest BCUT2D eigenvalue weighted by atomic mass is 16.5. The molecule has 0 radical (unpaired) electrons. The molecule has 1 fully saturated rings. The van der Waals surface area contributed by atoms with Gasteiger partial charge in [-0.25, -0.2) is 9.98 Å². The number of nitrogens with zero attached hydrogens (tertiary/aromatic N) is 2. The van der Waals surface area contributed by atoms with Gasteiger partial charge in [0.25, 0.3) is 5.91 Å². The van der Waals surface area contributed by atoms with Crippen molar-refractivity contribution >= 4 is 17.6 Å². The van der Waals surface area contributed by atoms with E-state index in [0.717, 1.165) is 41.9 Å². The number of aromatic nitrogens is 1. The molecule has 172 valence electrons. The maximum absolute atomic E-state index is 12.3. The van der Waals surface area contributed by atoms with Crippen LogP contribution in [0.15, 0.2) is 70.3 Å². The maximum Gasteiger partial charge on any atom is 0.253 e. The molecule has 2 aromatic carbocycles. The van der Waals surface area contributed by atoms with Gasteiger partial charge >= 0.3 is 0 Å². The van der Waals surface area contributed by atoms with Crippen molar-refractivity contribution < 1.29 is 13.9 Å². The largest absolute Gasteiger partial charge is 0.444 e. The molecule has 8 nitrogen and oxygen atoms in total. The molecular formula is C25H29N5O3. The summed E-state index contributed by atoms with van der Waals surface area (Å²) in [4.78, 5) is 21.5. The minimum atomic E-state index is -0.352. The molecule has 1 amide bonds. The molecule has 1 unspecified atom stereocenters.